The second-order valence-electron chi connectivity index (χ2n) is 11.8. The van der Waals surface area contributed by atoms with Crippen molar-refractivity contribution in [2.45, 2.75) is 44.9 Å². The summed E-state index contributed by atoms with van der Waals surface area (Å²) in [7, 11) is 0. The molecule has 3 aliphatic carbocycles. The molecule has 2 aliphatic heterocycles. The summed E-state index contributed by atoms with van der Waals surface area (Å²) in [4.78, 5) is 33.4. The van der Waals surface area contributed by atoms with Crippen LogP contribution in [-0.4, -0.2) is 65.3 Å². The molecule has 2 bridgehead atoms. The van der Waals surface area contributed by atoms with E-state index in [1.807, 2.05) is 0 Å². The number of piperazine rings is 1. The van der Waals surface area contributed by atoms with Crippen molar-refractivity contribution >= 4 is 51.7 Å². The van der Waals surface area contributed by atoms with Crippen molar-refractivity contribution in [2.24, 2.45) is 35.5 Å². The summed E-state index contributed by atoms with van der Waals surface area (Å²) in [5.74, 6) is 3.59. The summed E-state index contributed by atoms with van der Waals surface area (Å²) in [6.07, 6.45) is 8.35. The molecule has 2 saturated heterocycles. The molecule has 2 amide bonds. The first-order chi connectivity index (χ1) is 17.2. The molecule has 36 heavy (non-hydrogen) atoms. The van der Waals surface area contributed by atoms with Gasteiger partial charge in [0.15, 0.2) is 0 Å². The molecule has 0 spiro atoms. The Morgan fingerprint density at radius 3 is 2.17 bits per heavy atom. The molecule has 5 aliphatic rings. The van der Waals surface area contributed by atoms with Gasteiger partial charge in [-0.15, -0.1) is 12.4 Å². The van der Waals surface area contributed by atoms with Gasteiger partial charge in [-0.1, -0.05) is 25.0 Å². The van der Waals surface area contributed by atoms with Gasteiger partial charge < -0.3 is 4.90 Å². The molecule has 0 radical (unpaired) electrons. The van der Waals surface area contributed by atoms with Crippen LogP contribution in [0, 0.1) is 35.5 Å². The Bertz CT molecular complexity index is 1100. The minimum absolute atomic E-state index is 0. The van der Waals surface area contributed by atoms with Gasteiger partial charge in [0.1, 0.15) is 5.82 Å². The predicted molar refractivity (Wildman–Crippen MR) is 145 cm³/mol. The van der Waals surface area contributed by atoms with Crippen LogP contribution >= 0.6 is 23.9 Å². The van der Waals surface area contributed by atoms with Gasteiger partial charge in [-0.3, -0.25) is 19.4 Å². The lowest BCUT2D eigenvalue weighted by Gasteiger charge is -2.40. The number of nitrogens with zero attached hydrogens (tertiary/aromatic N) is 4. The predicted octanol–water partition coefficient (Wildman–Crippen LogP) is 4.68. The molecule has 7 rings (SSSR count). The summed E-state index contributed by atoms with van der Waals surface area (Å²) in [5.41, 5.74) is 0. The average Bonchev–Trinajstić information content (AvgIpc) is 3.66. The molecular formula is C28H37ClN4O2S. The van der Waals surface area contributed by atoms with E-state index in [0.717, 1.165) is 64.2 Å². The number of imide groups is 1. The van der Waals surface area contributed by atoms with E-state index >= 15 is 0 Å². The van der Waals surface area contributed by atoms with Crippen molar-refractivity contribution in [3.05, 3.63) is 24.3 Å². The number of likely N-dealkylation sites (tertiary alicyclic amines) is 1. The van der Waals surface area contributed by atoms with E-state index < -0.39 is 0 Å². The van der Waals surface area contributed by atoms with Gasteiger partial charge in [-0.25, -0.2) is 0 Å². The smallest absolute Gasteiger partial charge is 0.233 e. The maximum Gasteiger partial charge on any atom is 0.233 e. The van der Waals surface area contributed by atoms with E-state index in [9.17, 15) is 9.59 Å². The maximum atomic E-state index is 13.3. The zero-order valence-corrected chi connectivity index (χ0v) is 22.5. The Morgan fingerprint density at radius 1 is 0.833 bits per heavy atom. The summed E-state index contributed by atoms with van der Waals surface area (Å²) in [6, 6.07) is 8.54. The topological polar surface area (TPSA) is 56.8 Å². The number of benzene rings is 1. The van der Waals surface area contributed by atoms with Gasteiger partial charge in [0.2, 0.25) is 11.8 Å². The fourth-order valence-corrected chi connectivity index (χ4v) is 9.02. The van der Waals surface area contributed by atoms with Gasteiger partial charge in [-0.05, 0) is 79.4 Å². The summed E-state index contributed by atoms with van der Waals surface area (Å²) >= 11 is 1.60. The lowest BCUT2D eigenvalue weighted by atomic mass is 9.78. The number of rotatable bonds is 5. The zero-order chi connectivity index (χ0) is 23.5. The highest BCUT2D eigenvalue weighted by atomic mass is 35.5. The molecule has 3 heterocycles. The lowest BCUT2D eigenvalue weighted by Crippen LogP contribution is -2.49. The highest BCUT2D eigenvalue weighted by Crippen LogP contribution is 2.56. The minimum Gasteiger partial charge on any atom is -0.353 e. The minimum atomic E-state index is 0. The number of halogens is 1. The zero-order valence-electron chi connectivity index (χ0n) is 20.9. The number of fused-ring (bicyclic) bond motifs is 6. The molecule has 3 saturated carbocycles. The molecule has 6 nitrogen and oxygen atoms in total. The second kappa shape index (κ2) is 9.88. The Kier molecular flexibility index (Phi) is 6.76. The first-order valence-electron chi connectivity index (χ1n) is 13.8. The van der Waals surface area contributed by atoms with Crippen molar-refractivity contribution in [3.8, 4) is 0 Å². The van der Waals surface area contributed by atoms with E-state index in [1.54, 1.807) is 16.4 Å². The summed E-state index contributed by atoms with van der Waals surface area (Å²) < 4.78 is 6.02. The first kappa shape index (κ1) is 24.6. The third-order valence-corrected chi connectivity index (χ3v) is 10.8. The van der Waals surface area contributed by atoms with E-state index in [1.165, 1.54) is 29.3 Å². The molecule has 8 heteroatoms. The molecular weight excluding hydrogens is 492 g/mol. The van der Waals surface area contributed by atoms with E-state index in [4.69, 9.17) is 4.37 Å². The van der Waals surface area contributed by atoms with Crippen LogP contribution < -0.4 is 4.90 Å². The van der Waals surface area contributed by atoms with Gasteiger partial charge >= 0.3 is 0 Å². The van der Waals surface area contributed by atoms with Crippen molar-refractivity contribution in [3.63, 3.8) is 0 Å². The molecule has 194 valence electrons. The van der Waals surface area contributed by atoms with Crippen LogP contribution in [0.2, 0.25) is 0 Å². The monoisotopic (exact) mass is 528 g/mol. The number of carbonyl (C=O) groups excluding carboxylic acids is 2. The summed E-state index contributed by atoms with van der Waals surface area (Å²) in [6.45, 7) is 5.93. The van der Waals surface area contributed by atoms with E-state index in [0.29, 0.717) is 30.2 Å². The third kappa shape index (κ3) is 4.06. The quantitative estimate of drug-likeness (QED) is 0.527. The standard InChI is InChI=1S/C28H36N4O2S.ClH/c33-27-24-18-9-10-19(15-18)25(24)28(34)32(27)17-21-6-2-1-5-20(21)16-30-11-13-31(14-12-30)26-22-7-3-4-8-23(22)35-29-26;/h3-4,7-8,18-21,24-25H,1-2,5-6,9-17H2;1H/t18-,19?,20+,21+,24+,25-;/m1./s1. The highest BCUT2D eigenvalue weighted by molar-refractivity contribution is 7.13. The third-order valence-electron chi connectivity index (χ3n) is 10.0. The number of amides is 2. The van der Waals surface area contributed by atoms with Gasteiger partial charge in [0.25, 0.3) is 0 Å². The van der Waals surface area contributed by atoms with Crippen LogP contribution in [0.5, 0.6) is 0 Å². The van der Waals surface area contributed by atoms with Crippen molar-refractivity contribution < 1.29 is 9.59 Å². The van der Waals surface area contributed by atoms with Crippen molar-refractivity contribution in [1.29, 1.82) is 0 Å². The lowest BCUT2D eigenvalue weighted by molar-refractivity contribution is -0.142. The SMILES string of the molecule is Cl.O=C1[C@H]2[C@@H]3CCC(C3)[C@H]2C(=O)N1C[C@@H]1CCCC[C@H]1CN1CCN(c2nsc3ccccc23)CC1. The molecule has 1 unspecified atom stereocenters. The normalized spacial score (nSPS) is 34.4. The maximum absolute atomic E-state index is 13.3. The first-order valence-corrected chi connectivity index (χ1v) is 14.6. The Balaban J connectivity index is 0.00000240. The fraction of sp³-hybridized carbons (Fsp3) is 0.679. The highest BCUT2D eigenvalue weighted by Gasteiger charge is 2.61. The van der Waals surface area contributed by atoms with Gasteiger partial charge in [0.05, 0.1) is 16.5 Å². The second-order valence-corrected chi connectivity index (χ2v) is 12.6. The number of hydrogen-bond acceptors (Lipinski definition) is 6. The van der Waals surface area contributed by atoms with E-state index in [-0.39, 0.29) is 36.1 Å². The Labute approximate surface area is 224 Å². The van der Waals surface area contributed by atoms with Crippen LogP contribution in [-0.2, 0) is 9.59 Å². The Morgan fingerprint density at radius 2 is 1.47 bits per heavy atom. The molecule has 5 fully saturated rings. The van der Waals surface area contributed by atoms with Gasteiger partial charge in [-0.2, -0.15) is 4.37 Å². The van der Waals surface area contributed by atoms with Crippen LogP contribution in [0.1, 0.15) is 44.9 Å². The summed E-state index contributed by atoms with van der Waals surface area (Å²) in [5, 5.41) is 1.27. The largest absolute Gasteiger partial charge is 0.353 e. The number of anilines is 1. The molecule has 6 atom stereocenters. The number of carbonyl (C=O) groups is 2. The fourth-order valence-electron chi connectivity index (χ4n) is 8.22. The molecule has 0 N–H and O–H groups in total. The van der Waals surface area contributed by atoms with Crippen LogP contribution in [0.3, 0.4) is 0 Å². The van der Waals surface area contributed by atoms with Crippen LogP contribution in [0.25, 0.3) is 10.1 Å². The van der Waals surface area contributed by atoms with Crippen LogP contribution in [0.4, 0.5) is 5.82 Å². The van der Waals surface area contributed by atoms with Crippen molar-refractivity contribution in [2.75, 3.05) is 44.2 Å². The van der Waals surface area contributed by atoms with Crippen LogP contribution in [0.15, 0.2) is 24.3 Å². The molecule has 1 aromatic carbocycles. The number of hydrogen-bond donors (Lipinski definition) is 0. The molecule has 1 aromatic heterocycles. The molecule has 2 aromatic rings. The number of aromatic nitrogens is 1. The van der Waals surface area contributed by atoms with Crippen molar-refractivity contribution in [1.82, 2.24) is 14.2 Å². The Hall–Kier alpha value is -1.70. The van der Waals surface area contributed by atoms with Gasteiger partial charge in [0, 0.05) is 44.7 Å². The van der Waals surface area contributed by atoms with E-state index in [2.05, 4.69) is 34.1 Å². The average molecular weight is 529 g/mol.